The van der Waals surface area contributed by atoms with Gasteiger partial charge in [-0.25, -0.2) is 9.18 Å². The van der Waals surface area contributed by atoms with Gasteiger partial charge in [-0.3, -0.25) is 14.9 Å². The van der Waals surface area contributed by atoms with Crippen LogP contribution in [0.25, 0.3) is 0 Å². The number of carbonyl (C=O) groups excluding carboxylic acids is 3. The van der Waals surface area contributed by atoms with Gasteiger partial charge >= 0.3 is 6.09 Å². The molecule has 3 amide bonds. The third-order valence-corrected chi connectivity index (χ3v) is 6.78. The molecule has 1 spiro atoms. The Balaban J connectivity index is 1.34. The van der Waals surface area contributed by atoms with Crippen molar-refractivity contribution in [1.82, 2.24) is 10.2 Å². The van der Waals surface area contributed by atoms with Crippen molar-refractivity contribution < 1.29 is 23.5 Å². The molecule has 4 rings (SSSR count). The molecule has 1 aromatic rings. The number of hydrogen-bond donors (Lipinski definition) is 2. The molecule has 3 saturated heterocycles. The van der Waals surface area contributed by atoms with Crippen LogP contribution < -0.4 is 15.5 Å². The van der Waals surface area contributed by atoms with Crippen molar-refractivity contribution in [2.24, 2.45) is 5.41 Å². The number of anilines is 2. The first kappa shape index (κ1) is 23.3. The van der Waals surface area contributed by atoms with Crippen LogP contribution in [0.15, 0.2) is 18.2 Å². The summed E-state index contributed by atoms with van der Waals surface area (Å²) in [5.74, 6) is -0.995. The summed E-state index contributed by atoms with van der Waals surface area (Å²) in [5, 5.41) is 5.33. The summed E-state index contributed by atoms with van der Waals surface area (Å²) < 4.78 is 20.5. The van der Waals surface area contributed by atoms with Gasteiger partial charge in [0, 0.05) is 38.3 Å². The highest BCUT2D eigenvalue weighted by atomic mass is 19.1. The van der Waals surface area contributed by atoms with Crippen molar-refractivity contribution >= 4 is 29.3 Å². The number of carbonyl (C=O) groups is 3. The normalized spacial score (nSPS) is 23.0. The fourth-order valence-electron chi connectivity index (χ4n) is 4.92. The number of amides is 3. The van der Waals surface area contributed by atoms with E-state index in [1.165, 1.54) is 6.07 Å². The summed E-state index contributed by atoms with van der Waals surface area (Å²) in [7, 11) is 0. The molecule has 0 saturated carbocycles. The molecule has 0 aliphatic carbocycles. The first-order chi connectivity index (χ1) is 15.5. The molecule has 0 radical (unpaired) electrons. The fraction of sp³-hybridized carbons (Fsp3) is 0.625. The van der Waals surface area contributed by atoms with Gasteiger partial charge in [-0.1, -0.05) is 0 Å². The lowest BCUT2D eigenvalue weighted by molar-refractivity contribution is -0.133. The van der Waals surface area contributed by atoms with Crippen LogP contribution in [0.2, 0.25) is 0 Å². The van der Waals surface area contributed by atoms with Crippen LogP contribution in [-0.4, -0.2) is 60.6 Å². The van der Waals surface area contributed by atoms with Crippen molar-refractivity contribution in [2.75, 3.05) is 36.4 Å². The van der Waals surface area contributed by atoms with Gasteiger partial charge in [-0.15, -0.1) is 0 Å². The monoisotopic (exact) mass is 460 g/mol. The molecule has 3 aliphatic heterocycles. The molecule has 1 aromatic carbocycles. The highest BCUT2D eigenvalue weighted by Gasteiger charge is 2.42. The number of piperidine rings is 2. The molecule has 3 aliphatic rings. The van der Waals surface area contributed by atoms with E-state index in [1.54, 1.807) is 17.0 Å². The summed E-state index contributed by atoms with van der Waals surface area (Å²) in [4.78, 5) is 39.5. The predicted molar refractivity (Wildman–Crippen MR) is 122 cm³/mol. The van der Waals surface area contributed by atoms with Crippen molar-refractivity contribution in [1.29, 1.82) is 0 Å². The van der Waals surface area contributed by atoms with Crippen molar-refractivity contribution in [3.63, 3.8) is 0 Å². The number of imide groups is 1. The van der Waals surface area contributed by atoms with Crippen LogP contribution in [0.4, 0.5) is 20.6 Å². The van der Waals surface area contributed by atoms with Crippen LogP contribution in [-0.2, 0) is 14.3 Å². The van der Waals surface area contributed by atoms with E-state index < -0.39 is 11.6 Å². The zero-order chi connectivity index (χ0) is 23.8. The molecule has 0 aromatic heterocycles. The van der Waals surface area contributed by atoms with Crippen molar-refractivity contribution in [3.05, 3.63) is 24.0 Å². The molecule has 1 atom stereocenters. The first-order valence-corrected chi connectivity index (χ1v) is 11.7. The zero-order valence-electron chi connectivity index (χ0n) is 19.6. The first-order valence-electron chi connectivity index (χ1n) is 11.7. The number of hydrogen-bond acceptors (Lipinski definition) is 6. The van der Waals surface area contributed by atoms with Gasteiger partial charge < -0.3 is 19.9 Å². The molecule has 33 heavy (non-hydrogen) atoms. The lowest BCUT2D eigenvalue weighted by Crippen LogP contribution is -2.47. The van der Waals surface area contributed by atoms with E-state index in [0.29, 0.717) is 30.9 Å². The molecule has 1 unspecified atom stereocenters. The zero-order valence-corrected chi connectivity index (χ0v) is 19.6. The van der Waals surface area contributed by atoms with Gasteiger partial charge in [-0.05, 0) is 70.1 Å². The van der Waals surface area contributed by atoms with E-state index in [9.17, 15) is 18.8 Å². The molecule has 9 heteroatoms. The number of ether oxygens (including phenoxy) is 1. The van der Waals surface area contributed by atoms with Crippen LogP contribution >= 0.6 is 0 Å². The number of rotatable bonds is 3. The largest absolute Gasteiger partial charge is 0.444 e. The maximum absolute atomic E-state index is 15.0. The third-order valence-electron chi connectivity index (χ3n) is 6.78. The maximum Gasteiger partial charge on any atom is 0.410 e. The minimum Gasteiger partial charge on any atom is -0.444 e. The Hall–Kier alpha value is -2.84. The van der Waals surface area contributed by atoms with E-state index in [-0.39, 0.29) is 35.6 Å². The second-order valence-electron chi connectivity index (χ2n) is 10.5. The van der Waals surface area contributed by atoms with Gasteiger partial charge in [0.2, 0.25) is 11.8 Å². The molecule has 0 bridgehead atoms. The lowest BCUT2D eigenvalue weighted by atomic mass is 9.78. The summed E-state index contributed by atoms with van der Waals surface area (Å²) in [6, 6.07) is 4.39. The predicted octanol–water partition coefficient (Wildman–Crippen LogP) is 3.27. The molecule has 8 nitrogen and oxygen atoms in total. The summed E-state index contributed by atoms with van der Waals surface area (Å²) in [6.07, 6.45) is 3.11. The van der Waals surface area contributed by atoms with Gasteiger partial charge in [0.1, 0.15) is 17.5 Å². The van der Waals surface area contributed by atoms with Crippen LogP contribution in [0, 0.1) is 11.2 Å². The number of likely N-dealkylation sites (tertiary alicyclic amines) is 1. The third kappa shape index (κ3) is 5.39. The molecule has 3 fully saturated rings. The van der Waals surface area contributed by atoms with Gasteiger partial charge in [0.05, 0.1) is 5.69 Å². The summed E-state index contributed by atoms with van der Waals surface area (Å²) in [5.41, 5.74) is 0.641. The average Bonchev–Trinajstić information content (AvgIpc) is 3.12. The Kier molecular flexibility index (Phi) is 6.24. The van der Waals surface area contributed by atoms with Crippen LogP contribution in [0.1, 0.15) is 52.9 Å². The minimum atomic E-state index is -0.543. The van der Waals surface area contributed by atoms with Crippen LogP contribution in [0.3, 0.4) is 0 Å². The lowest BCUT2D eigenvalue weighted by Gasteiger charge is -2.39. The number of benzene rings is 1. The Morgan fingerprint density at radius 1 is 1.18 bits per heavy atom. The summed E-state index contributed by atoms with van der Waals surface area (Å²) >= 11 is 0. The number of halogens is 1. The van der Waals surface area contributed by atoms with E-state index in [0.717, 1.165) is 32.4 Å². The molecular weight excluding hydrogens is 427 g/mol. The minimum absolute atomic E-state index is 0.0780. The van der Waals surface area contributed by atoms with E-state index in [1.807, 2.05) is 20.8 Å². The van der Waals surface area contributed by atoms with Gasteiger partial charge in [0.25, 0.3) is 0 Å². The standard InChI is InChI=1S/C24H33FN4O4/c1-23(2,3)33-22(32)28-11-8-24(9-12-28)10-13-29(15-24)19-6-4-16(14-17(19)25)26-18-5-7-20(30)27-21(18)31/h4,6,14,18,26H,5,7-13,15H2,1-3H3,(H,27,30,31). The van der Waals surface area contributed by atoms with Gasteiger partial charge in [0.15, 0.2) is 0 Å². The maximum atomic E-state index is 15.0. The van der Waals surface area contributed by atoms with Crippen molar-refractivity contribution in [2.45, 2.75) is 64.5 Å². The van der Waals surface area contributed by atoms with Gasteiger partial charge in [-0.2, -0.15) is 0 Å². The highest BCUT2D eigenvalue weighted by molar-refractivity contribution is 6.01. The molecule has 180 valence electrons. The molecule has 3 heterocycles. The van der Waals surface area contributed by atoms with Crippen molar-refractivity contribution in [3.8, 4) is 0 Å². The molecular formula is C24H33FN4O4. The van der Waals surface area contributed by atoms with E-state index in [4.69, 9.17) is 4.74 Å². The Morgan fingerprint density at radius 2 is 1.88 bits per heavy atom. The summed E-state index contributed by atoms with van der Waals surface area (Å²) in [6.45, 7) is 8.43. The Bertz CT molecular complexity index is 937. The number of nitrogens with zero attached hydrogens (tertiary/aromatic N) is 2. The second-order valence-corrected chi connectivity index (χ2v) is 10.5. The van der Waals surface area contributed by atoms with E-state index in [2.05, 4.69) is 15.5 Å². The smallest absolute Gasteiger partial charge is 0.410 e. The quantitative estimate of drug-likeness (QED) is 0.673. The number of nitrogens with one attached hydrogen (secondary N) is 2. The highest BCUT2D eigenvalue weighted by Crippen LogP contribution is 2.42. The average molecular weight is 461 g/mol. The van der Waals surface area contributed by atoms with E-state index >= 15 is 0 Å². The van der Waals surface area contributed by atoms with Crippen LogP contribution in [0.5, 0.6) is 0 Å². The molecule has 2 N–H and O–H groups in total. The fourth-order valence-corrected chi connectivity index (χ4v) is 4.92. The second kappa shape index (κ2) is 8.83. The topological polar surface area (TPSA) is 91.0 Å². The SMILES string of the molecule is CC(C)(C)OC(=O)N1CCC2(CC1)CCN(c1ccc(NC3CCC(=O)NC3=O)cc1F)C2. The Morgan fingerprint density at radius 3 is 2.52 bits per heavy atom. The Labute approximate surface area is 193 Å².